The maximum atomic E-state index is 12.4. The fourth-order valence-electron chi connectivity index (χ4n) is 3.58. The van der Waals surface area contributed by atoms with Gasteiger partial charge in [-0.3, -0.25) is 4.79 Å². The minimum atomic E-state index is -0.348. The average Bonchev–Trinajstić information content (AvgIpc) is 2.68. The lowest BCUT2D eigenvalue weighted by atomic mass is 9.96. The van der Waals surface area contributed by atoms with E-state index in [2.05, 4.69) is 24.4 Å². The smallest absolute Gasteiger partial charge is 0.339 e. The van der Waals surface area contributed by atoms with Crippen molar-refractivity contribution in [3.63, 3.8) is 0 Å². The lowest BCUT2D eigenvalue weighted by molar-refractivity contribution is -0.121. The highest BCUT2D eigenvalue weighted by atomic mass is 16.4. The molecule has 3 aromatic rings. The summed E-state index contributed by atoms with van der Waals surface area (Å²) in [6.45, 7) is 6.61. The first-order chi connectivity index (χ1) is 13.5. The summed E-state index contributed by atoms with van der Waals surface area (Å²) in [4.78, 5) is 24.7. The summed E-state index contributed by atoms with van der Waals surface area (Å²) in [5, 5.41) is 3.94. The van der Waals surface area contributed by atoms with E-state index in [9.17, 15) is 9.59 Å². The van der Waals surface area contributed by atoms with Crippen molar-refractivity contribution in [1.29, 1.82) is 0 Å². The highest BCUT2D eigenvalue weighted by Gasteiger charge is 2.14. The van der Waals surface area contributed by atoms with Gasteiger partial charge >= 0.3 is 5.63 Å². The summed E-state index contributed by atoms with van der Waals surface area (Å²) in [6, 6.07) is 16.0. The Morgan fingerprint density at radius 3 is 2.57 bits per heavy atom. The Morgan fingerprint density at radius 1 is 1.11 bits per heavy atom. The van der Waals surface area contributed by atoms with Crippen molar-refractivity contribution >= 4 is 16.9 Å². The number of nitrogens with one attached hydrogen (secondary N) is 1. The molecule has 0 aliphatic heterocycles. The van der Waals surface area contributed by atoms with E-state index in [0.717, 1.165) is 22.9 Å². The van der Waals surface area contributed by atoms with E-state index in [0.29, 0.717) is 30.0 Å². The Kier molecular flexibility index (Phi) is 6.30. The van der Waals surface area contributed by atoms with E-state index in [1.165, 1.54) is 5.56 Å². The zero-order valence-corrected chi connectivity index (χ0v) is 16.7. The van der Waals surface area contributed by atoms with Gasteiger partial charge in [-0.2, -0.15) is 0 Å². The molecule has 0 saturated carbocycles. The molecule has 0 saturated heterocycles. The van der Waals surface area contributed by atoms with E-state index in [4.69, 9.17) is 4.42 Å². The third-order valence-electron chi connectivity index (χ3n) is 5.35. The molecule has 0 radical (unpaired) electrons. The summed E-state index contributed by atoms with van der Waals surface area (Å²) in [6.07, 6.45) is 1.61. The van der Waals surface area contributed by atoms with E-state index >= 15 is 0 Å². The summed E-state index contributed by atoms with van der Waals surface area (Å²) in [5.74, 6) is 0.248. The lowest BCUT2D eigenvalue weighted by Gasteiger charge is -2.16. The van der Waals surface area contributed by atoms with Crippen molar-refractivity contribution in [1.82, 2.24) is 5.32 Å². The summed E-state index contributed by atoms with van der Waals surface area (Å²) < 4.78 is 5.47. The predicted molar refractivity (Wildman–Crippen MR) is 113 cm³/mol. The number of amides is 1. The van der Waals surface area contributed by atoms with Crippen LogP contribution < -0.4 is 10.9 Å². The van der Waals surface area contributed by atoms with Gasteiger partial charge < -0.3 is 9.73 Å². The molecule has 1 amide bonds. The van der Waals surface area contributed by atoms with E-state index in [1.807, 2.05) is 50.2 Å². The molecule has 0 fully saturated rings. The third-order valence-corrected chi connectivity index (χ3v) is 5.35. The lowest BCUT2D eigenvalue weighted by Crippen LogP contribution is -2.29. The number of carbonyl (C=O) groups excluding carboxylic acids is 1. The fraction of sp³-hybridized carbons (Fsp3) is 0.333. The van der Waals surface area contributed by atoms with Gasteiger partial charge in [-0.1, -0.05) is 49.4 Å². The molecule has 4 nitrogen and oxygen atoms in total. The Bertz CT molecular complexity index is 1020. The van der Waals surface area contributed by atoms with Crippen LogP contribution in [0.5, 0.6) is 0 Å². The monoisotopic (exact) mass is 377 g/mol. The highest BCUT2D eigenvalue weighted by Crippen LogP contribution is 2.21. The number of carbonyl (C=O) groups is 1. The van der Waals surface area contributed by atoms with Crippen molar-refractivity contribution in [2.45, 2.75) is 46.0 Å². The molecule has 1 heterocycles. The van der Waals surface area contributed by atoms with Gasteiger partial charge in [0.2, 0.25) is 5.91 Å². The molecule has 1 aromatic heterocycles. The van der Waals surface area contributed by atoms with Crippen molar-refractivity contribution in [2.75, 3.05) is 6.54 Å². The molecule has 0 bridgehead atoms. The molecule has 2 aromatic carbocycles. The maximum absolute atomic E-state index is 12.4. The van der Waals surface area contributed by atoms with Gasteiger partial charge in [0.25, 0.3) is 0 Å². The first-order valence-corrected chi connectivity index (χ1v) is 9.84. The fourth-order valence-corrected chi connectivity index (χ4v) is 3.58. The van der Waals surface area contributed by atoms with Crippen LogP contribution in [0.25, 0.3) is 11.0 Å². The van der Waals surface area contributed by atoms with Crippen molar-refractivity contribution in [3.8, 4) is 0 Å². The van der Waals surface area contributed by atoms with Gasteiger partial charge in [-0.05, 0) is 49.4 Å². The second-order valence-corrected chi connectivity index (χ2v) is 7.31. The van der Waals surface area contributed by atoms with E-state index < -0.39 is 0 Å². The molecular weight excluding hydrogens is 350 g/mol. The molecule has 0 aliphatic carbocycles. The summed E-state index contributed by atoms with van der Waals surface area (Å²) >= 11 is 0. The van der Waals surface area contributed by atoms with Gasteiger partial charge in [-0.15, -0.1) is 0 Å². The topological polar surface area (TPSA) is 59.3 Å². The van der Waals surface area contributed by atoms with Crippen LogP contribution in [-0.4, -0.2) is 12.5 Å². The SMILES string of the molecule is CCC(CNC(=O)CCc1c(C)c2ccc(C)cc2oc1=O)c1ccccc1. The Hall–Kier alpha value is -2.88. The molecule has 3 rings (SSSR count). The first-order valence-electron chi connectivity index (χ1n) is 9.84. The number of hydrogen-bond donors (Lipinski definition) is 1. The van der Waals surface area contributed by atoms with E-state index in [-0.39, 0.29) is 18.0 Å². The van der Waals surface area contributed by atoms with Gasteiger partial charge in [0.05, 0.1) is 0 Å². The number of fused-ring (bicyclic) bond motifs is 1. The van der Waals surface area contributed by atoms with Crippen molar-refractivity contribution in [3.05, 3.63) is 81.2 Å². The number of hydrogen-bond acceptors (Lipinski definition) is 3. The molecule has 0 aliphatic rings. The molecular formula is C24H27NO3. The Labute approximate surface area is 165 Å². The number of aryl methyl sites for hydroxylation is 2. The van der Waals surface area contributed by atoms with Gasteiger partial charge in [0.1, 0.15) is 5.58 Å². The Morgan fingerprint density at radius 2 is 1.86 bits per heavy atom. The van der Waals surface area contributed by atoms with Crippen LogP contribution in [0.15, 0.2) is 57.7 Å². The molecule has 1 unspecified atom stereocenters. The molecule has 1 N–H and O–H groups in total. The quantitative estimate of drug-likeness (QED) is 0.610. The largest absolute Gasteiger partial charge is 0.423 e. The summed E-state index contributed by atoms with van der Waals surface area (Å²) in [7, 11) is 0. The van der Waals surface area contributed by atoms with Crippen LogP contribution >= 0.6 is 0 Å². The predicted octanol–water partition coefficient (Wildman–Crippen LogP) is 4.65. The summed E-state index contributed by atoms with van der Waals surface area (Å²) in [5.41, 5.74) is 4.01. The first kappa shape index (κ1) is 19.9. The number of benzene rings is 2. The molecule has 146 valence electrons. The maximum Gasteiger partial charge on any atom is 0.339 e. The molecule has 1 atom stereocenters. The van der Waals surface area contributed by atoms with Gasteiger partial charge in [0, 0.05) is 29.8 Å². The third kappa shape index (κ3) is 4.50. The van der Waals surface area contributed by atoms with Crippen LogP contribution in [0.2, 0.25) is 0 Å². The minimum Gasteiger partial charge on any atom is -0.423 e. The molecule has 4 heteroatoms. The van der Waals surface area contributed by atoms with Crippen LogP contribution in [0.1, 0.15) is 47.9 Å². The number of rotatable bonds is 7. The highest BCUT2D eigenvalue weighted by molar-refractivity contribution is 5.82. The van der Waals surface area contributed by atoms with Crippen molar-refractivity contribution in [2.24, 2.45) is 0 Å². The van der Waals surface area contributed by atoms with Crippen molar-refractivity contribution < 1.29 is 9.21 Å². The molecule has 28 heavy (non-hydrogen) atoms. The van der Waals surface area contributed by atoms with E-state index in [1.54, 1.807) is 0 Å². The second kappa shape index (κ2) is 8.87. The van der Waals surface area contributed by atoms with Crippen LogP contribution in [0, 0.1) is 13.8 Å². The zero-order valence-electron chi connectivity index (χ0n) is 16.7. The van der Waals surface area contributed by atoms with Crippen LogP contribution in [-0.2, 0) is 11.2 Å². The normalized spacial score (nSPS) is 12.1. The minimum absolute atomic E-state index is 0.0443. The molecule has 0 spiro atoms. The average molecular weight is 377 g/mol. The van der Waals surface area contributed by atoms with Gasteiger partial charge in [0.15, 0.2) is 0 Å². The Balaban J connectivity index is 1.64. The second-order valence-electron chi connectivity index (χ2n) is 7.31. The van der Waals surface area contributed by atoms with Crippen LogP contribution in [0.3, 0.4) is 0 Å². The van der Waals surface area contributed by atoms with Gasteiger partial charge in [-0.25, -0.2) is 4.79 Å². The van der Waals surface area contributed by atoms with Crippen LogP contribution in [0.4, 0.5) is 0 Å². The zero-order chi connectivity index (χ0) is 20.1. The standard InChI is InChI=1S/C24H27NO3/c1-4-18(19-8-6-5-7-9-19)15-25-23(26)13-12-21-17(3)20-11-10-16(2)14-22(20)28-24(21)27/h5-11,14,18H,4,12-13,15H2,1-3H3,(H,25,26).